The van der Waals surface area contributed by atoms with Gasteiger partial charge in [0.2, 0.25) is 5.91 Å². The number of likely N-dealkylation sites (N-methyl/N-ethyl adjacent to an activating group) is 1. The highest BCUT2D eigenvalue weighted by Crippen LogP contribution is 2.30. The molecule has 0 spiro atoms. The summed E-state index contributed by atoms with van der Waals surface area (Å²) < 4.78 is 55.7. The molecular formula is C27H26F4N6O2. The first-order chi connectivity index (χ1) is 18.5. The number of carbonyl (C=O) groups excluding carboxylic acids is 2. The van der Waals surface area contributed by atoms with Gasteiger partial charge in [-0.05, 0) is 44.8 Å². The van der Waals surface area contributed by atoms with Crippen molar-refractivity contribution in [2.45, 2.75) is 31.8 Å². The second kappa shape index (κ2) is 10.3. The van der Waals surface area contributed by atoms with E-state index in [1.165, 1.54) is 19.2 Å². The lowest BCUT2D eigenvalue weighted by Gasteiger charge is -2.20. The summed E-state index contributed by atoms with van der Waals surface area (Å²) in [5.74, 6) is -7.17. The summed E-state index contributed by atoms with van der Waals surface area (Å²) in [4.78, 5) is 41.7. The number of aromatic amines is 1. The third kappa shape index (κ3) is 5.03. The highest BCUT2D eigenvalue weighted by atomic mass is 19.2. The zero-order valence-corrected chi connectivity index (χ0v) is 21.5. The maximum atomic E-state index is 14.2. The van der Waals surface area contributed by atoms with Crippen molar-refractivity contribution in [3.05, 3.63) is 76.3 Å². The molecule has 1 unspecified atom stereocenters. The molecular weight excluding hydrogens is 516 g/mol. The van der Waals surface area contributed by atoms with Crippen molar-refractivity contribution in [1.29, 1.82) is 0 Å². The summed E-state index contributed by atoms with van der Waals surface area (Å²) in [5, 5.41) is 2.60. The summed E-state index contributed by atoms with van der Waals surface area (Å²) in [5.41, 5.74) is 2.04. The minimum Gasteiger partial charge on any atom is -0.341 e. The molecule has 2 N–H and O–H groups in total. The van der Waals surface area contributed by atoms with Crippen LogP contribution in [0.25, 0.3) is 11.0 Å². The van der Waals surface area contributed by atoms with Gasteiger partial charge in [-0.25, -0.2) is 22.5 Å². The standard InChI is InChI=1S/C27H26F4N6O2/c1-13(8-16-23(30)17(28)11-18(29)24(16)31)33-19-4-5-32-26(38)22(19)25-34-20-9-14-12-37(7-6-36(2)3)27(39)15(14)10-21(20)35-25/h4-5,9-11,13,22H,6-8,12H2,1-3H3,(H,32,38)(H,34,35)/t13-,22?/m0/s1. The number of halogens is 4. The van der Waals surface area contributed by atoms with Crippen LogP contribution < -0.4 is 5.32 Å². The van der Waals surface area contributed by atoms with E-state index in [1.807, 2.05) is 25.1 Å². The Kier molecular flexibility index (Phi) is 6.98. The molecule has 204 valence electrons. The van der Waals surface area contributed by atoms with Gasteiger partial charge >= 0.3 is 0 Å². The molecule has 0 aliphatic carbocycles. The molecule has 2 aliphatic rings. The number of aromatic nitrogens is 2. The number of H-pyrrole nitrogens is 1. The quantitative estimate of drug-likeness (QED) is 0.354. The predicted octanol–water partition coefficient (Wildman–Crippen LogP) is 3.44. The van der Waals surface area contributed by atoms with Crippen molar-refractivity contribution in [3.8, 4) is 0 Å². The van der Waals surface area contributed by atoms with Gasteiger partial charge in [0.1, 0.15) is 11.7 Å². The maximum absolute atomic E-state index is 14.2. The minimum atomic E-state index is -1.49. The number of allylic oxidation sites excluding steroid dienone is 1. The predicted molar refractivity (Wildman–Crippen MR) is 136 cm³/mol. The number of aliphatic imine (C=N–C) groups is 1. The fourth-order valence-electron chi connectivity index (χ4n) is 4.84. The lowest BCUT2D eigenvalue weighted by Crippen LogP contribution is -2.35. The van der Waals surface area contributed by atoms with Gasteiger partial charge in [0.05, 0.1) is 22.8 Å². The Balaban J connectivity index is 1.43. The van der Waals surface area contributed by atoms with Crippen LogP contribution in [0.15, 0.2) is 35.5 Å². The third-order valence-electron chi connectivity index (χ3n) is 6.80. The fraction of sp³-hybridized carbons (Fsp3) is 0.333. The number of nitrogens with one attached hydrogen (secondary N) is 2. The van der Waals surface area contributed by atoms with Gasteiger partial charge in [-0.15, -0.1) is 0 Å². The van der Waals surface area contributed by atoms with Gasteiger partial charge < -0.3 is 20.1 Å². The Morgan fingerprint density at radius 1 is 1.13 bits per heavy atom. The Morgan fingerprint density at radius 2 is 1.85 bits per heavy atom. The molecule has 39 heavy (non-hydrogen) atoms. The van der Waals surface area contributed by atoms with E-state index in [2.05, 4.69) is 20.3 Å². The summed E-state index contributed by atoms with van der Waals surface area (Å²) in [6.07, 6.45) is 2.48. The number of rotatable bonds is 7. The molecule has 0 saturated heterocycles. The van der Waals surface area contributed by atoms with Gasteiger partial charge in [-0.2, -0.15) is 0 Å². The van der Waals surface area contributed by atoms with Crippen LogP contribution in [0, 0.1) is 23.3 Å². The van der Waals surface area contributed by atoms with Crippen LogP contribution in [0.3, 0.4) is 0 Å². The maximum Gasteiger partial charge on any atom is 0.254 e. The molecule has 12 heteroatoms. The van der Waals surface area contributed by atoms with Crippen molar-refractivity contribution >= 4 is 28.6 Å². The van der Waals surface area contributed by atoms with Crippen LogP contribution in [0.2, 0.25) is 0 Å². The zero-order chi connectivity index (χ0) is 28.0. The Hall–Kier alpha value is -4.06. The van der Waals surface area contributed by atoms with E-state index in [-0.39, 0.29) is 23.5 Å². The molecule has 3 heterocycles. The summed E-state index contributed by atoms with van der Waals surface area (Å²) >= 11 is 0. The molecule has 2 aromatic carbocycles. The highest BCUT2D eigenvalue weighted by molar-refractivity contribution is 6.16. The Morgan fingerprint density at radius 3 is 2.54 bits per heavy atom. The third-order valence-corrected chi connectivity index (χ3v) is 6.80. The van der Waals surface area contributed by atoms with Crippen molar-refractivity contribution in [2.75, 3.05) is 27.2 Å². The molecule has 1 aromatic heterocycles. The lowest BCUT2D eigenvalue weighted by molar-refractivity contribution is -0.120. The second-order valence-corrected chi connectivity index (χ2v) is 10.0. The monoisotopic (exact) mass is 542 g/mol. The zero-order valence-electron chi connectivity index (χ0n) is 21.5. The van der Waals surface area contributed by atoms with Gasteiger partial charge in [0.25, 0.3) is 5.91 Å². The summed E-state index contributed by atoms with van der Waals surface area (Å²) in [6.45, 7) is 3.31. The van der Waals surface area contributed by atoms with Crippen LogP contribution in [0.5, 0.6) is 0 Å². The van der Waals surface area contributed by atoms with Gasteiger partial charge in [0, 0.05) is 49.4 Å². The number of hydrogen-bond donors (Lipinski definition) is 2. The Labute approximate surface area is 221 Å². The number of amides is 2. The van der Waals surface area contributed by atoms with Crippen LogP contribution >= 0.6 is 0 Å². The molecule has 2 amide bonds. The van der Waals surface area contributed by atoms with Crippen LogP contribution in [-0.2, 0) is 17.8 Å². The van der Waals surface area contributed by atoms with Gasteiger partial charge in [-0.1, -0.05) is 0 Å². The van der Waals surface area contributed by atoms with Crippen molar-refractivity contribution in [3.63, 3.8) is 0 Å². The first-order valence-corrected chi connectivity index (χ1v) is 12.4. The number of fused-ring (bicyclic) bond motifs is 2. The van der Waals surface area contributed by atoms with E-state index in [1.54, 1.807) is 11.0 Å². The topological polar surface area (TPSA) is 93.7 Å². The molecule has 2 atom stereocenters. The van der Waals surface area contributed by atoms with E-state index < -0.39 is 53.1 Å². The van der Waals surface area contributed by atoms with Crippen LogP contribution in [0.1, 0.15) is 40.2 Å². The molecule has 8 nitrogen and oxygen atoms in total. The molecule has 2 aliphatic heterocycles. The number of benzene rings is 2. The number of carbonyl (C=O) groups is 2. The fourth-order valence-corrected chi connectivity index (χ4v) is 4.84. The van der Waals surface area contributed by atoms with E-state index in [4.69, 9.17) is 0 Å². The molecule has 0 fully saturated rings. The minimum absolute atomic E-state index is 0.0824. The number of nitrogens with zero attached hydrogens (tertiary/aromatic N) is 4. The lowest BCUT2D eigenvalue weighted by atomic mass is 9.97. The Bertz CT molecular complexity index is 1520. The second-order valence-electron chi connectivity index (χ2n) is 10.0. The average molecular weight is 543 g/mol. The van der Waals surface area contributed by atoms with Crippen molar-refractivity contribution < 1.29 is 27.2 Å². The average Bonchev–Trinajstić information content (AvgIpc) is 3.42. The summed E-state index contributed by atoms with van der Waals surface area (Å²) in [7, 11) is 3.88. The first kappa shape index (κ1) is 26.5. The molecule has 3 aromatic rings. The van der Waals surface area contributed by atoms with Crippen LogP contribution in [0.4, 0.5) is 17.6 Å². The molecule has 0 saturated carbocycles. The molecule has 0 radical (unpaired) electrons. The van der Waals surface area contributed by atoms with Crippen molar-refractivity contribution in [2.24, 2.45) is 4.99 Å². The van der Waals surface area contributed by atoms with E-state index in [9.17, 15) is 27.2 Å². The number of imidazole rings is 1. The summed E-state index contributed by atoms with van der Waals surface area (Å²) in [6, 6.07) is 2.86. The van der Waals surface area contributed by atoms with E-state index >= 15 is 0 Å². The highest BCUT2D eigenvalue weighted by Gasteiger charge is 2.33. The van der Waals surface area contributed by atoms with E-state index in [0.717, 1.165) is 12.1 Å². The smallest absolute Gasteiger partial charge is 0.254 e. The van der Waals surface area contributed by atoms with Gasteiger partial charge in [-0.3, -0.25) is 14.6 Å². The van der Waals surface area contributed by atoms with Crippen molar-refractivity contribution in [1.82, 2.24) is 25.1 Å². The van der Waals surface area contributed by atoms with E-state index in [0.29, 0.717) is 29.7 Å². The first-order valence-electron chi connectivity index (χ1n) is 12.4. The molecule has 0 bridgehead atoms. The molecule has 5 rings (SSSR count). The SMILES string of the molecule is C[C@@H](Cc1c(F)c(F)cc(F)c1F)N=C1C=CNC(=O)C1c1nc2cc3c(cc2[nH]1)CN(CCN(C)C)C3=O. The van der Waals surface area contributed by atoms with Gasteiger partial charge in [0.15, 0.2) is 23.3 Å². The largest absolute Gasteiger partial charge is 0.341 e. The number of hydrogen-bond acceptors (Lipinski definition) is 5. The normalized spacial score (nSPS) is 18.9. The van der Waals surface area contributed by atoms with Crippen LogP contribution in [-0.4, -0.2) is 70.5 Å².